The van der Waals surface area contributed by atoms with Crippen LogP contribution in [0.1, 0.15) is 12.7 Å². The largest absolute Gasteiger partial charge is 0.480 e. The third-order valence-corrected chi connectivity index (χ3v) is 2.96. The summed E-state index contributed by atoms with van der Waals surface area (Å²) in [6.45, 7) is 1.96. The lowest BCUT2D eigenvalue weighted by atomic mass is 10.2. The maximum Gasteiger partial charge on any atom is 0.320 e. The van der Waals surface area contributed by atoms with Crippen LogP contribution in [0.3, 0.4) is 0 Å². The van der Waals surface area contributed by atoms with Crippen molar-refractivity contribution in [2.75, 3.05) is 0 Å². The molecule has 1 heterocycles. The number of carboxylic acid groups (broad SMARTS) is 1. The number of carbonyl (C=O) groups is 1. The SMILES string of the molecule is CC(NCc1ccc(-c2cccc(Cl)c2)o1)C(=O)O. The number of furan rings is 1. The van der Waals surface area contributed by atoms with Crippen LogP contribution in [0.4, 0.5) is 0 Å². The second-order valence-electron chi connectivity index (χ2n) is 4.22. The van der Waals surface area contributed by atoms with Crippen LogP contribution in [0.5, 0.6) is 0 Å². The summed E-state index contributed by atoms with van der Waals surface area (Å²) in [5, 5.41) is 12.3. The summed E-state index contributed by atoms with van der Waals surface area (Å²) in [7, 11) is 0. The average Bonchev–Trinajstić information content (AvgIpc) is 2.84. The number of aliphatic carboxylic acids is 1. The molecule has 1 atom stereocenters. The third kappa shape index (κ3) is 3.59. The van der Waals surface area contributed by atoms with Crippen LogP contribution in [0.2, 0.25) is 5.02 Å². The van der Waals surface area contributed by atoms with Crippen LogP contribution in [0.15, 0.2) is 40.8 Å². The van der Waals surface area contributed by atoms with Gasteiger partial charge in [-0.05, 0) is 31.2 Å². The lowest BCUT2D eigenvalue weighted by Crippen LogP contribution is -2.32. The first-order valence-electron chi connectivity index (χ1n) is 5.87. The van der Waals surface area contributed by atoms with E-state index in [0.29, 0.717) is 23.1 Å². The predicted octanol–water partition coefficient (Wildman–Crippen LogP) is 3.16. The normalized spacial score (nSPS) is 12.3. The Morgan fingerprint density at radius 2 is 2.21 bits per heavy atom. The molecule has 0 radical (unpaired) electrons. The van der Waals surface area contributed by atoms with E-state index in [4.69, 9.17) is 21.1 Å². The number of nitrogens with one attached hydrogen (secondary N) is 1. The Hall–Kier alpha value is -1.78. The molecule has 4 nitrogen and oxygen atoms in total. The van der Waals surface area contributed by atoms with E-state index in [0.717, 1.165) is 5.56 Å². The molecule has 0 fully saturated rings. The lowest BCUT2D eigenvalue weighted by Gasteiger charge is -2.06. The average molecular weight is 280 g/mol. The predicted molar refractivity (Wildman–Crippen MR) is 73.1 cm³/mol. The number of halogens is 1. The minimum absolute atomic E-state index is 0.369. The van der Waals surface area contributed by atoms with Crippen molar-refractivity contribution >= 4 is 17.6 Å². The summed E-state index contributed by atoms with van der Waals surface area (Å²) in [6, 6.07) is 10.4. The van der Waals surface area contributed by atoms with Gasteiger partial charge in [-0.3, -0.25) is 10.1 Å². The van der Waals surface area contributed by atoms with E-state index >= 15 is 0 Å². The second kappa shape index (κ2) is 5.91. The maximum absolute atomic E-state index is 10.7. The molecule has 0 spiro atoms. The highest BCUT2D eigenvalue weighted by molar-refractivity contribution is 6.30. The molecule has 19 heavy (non-hydrogen) atoms. The summed E-state index contributed by atoms with van der Waals surface area (Å²) < 4.78 is 5.64. The first kappa shape index (κ1) is 13.6. The van der Waals surface area contributed by atoms with Crippen LogP contribution in [0, 0.1) is 0 Å². The maximum atomic E-state index is 10.7. The molecular weight excluding hydrogens is 266 g/mol. The van der Waals surface area contributed by atoms with Gasteiger partial charge in [0.15, 0.2) is 0 Å². The fraction of sp³-hybridized carbons (Fsp3) is 0.214. The minimum atomic E-state index is -0.887. The quantitative estimate of drug-likeness (QED) is 0.882. The van der Waals surface area contributed by atoms with Crippen LogP contribution in [-0.4, -0.2) is 17.1 Å². The van der Waals surface area contributed by atoms with Gasteiger partial charge in [-0.1, -0.05) is 23.7 Å². The minimum Gasteiger partial charge on any atom is -0.480 e. The van der Waals surface area contributed by atoms with Gasteiger partial charge in [0.25, 0.3) is 0 Å². The van der Waals surface area contributed by atoms with Crippen LogP contribution >= 0.6 is 11.6 Å². The molecule has 2 N–H and O–H groups in total. The zero-order chi connectivity index (χ0) is 13.8. The highest BCUT2D eigenvalue weighted by Gasteiger charge is 2.11. The van der Waals surface area contributed by atoms with Gasteiger partial charge < -0.3 is 9.52 Å². The summed E-state index contributed by atoms with van der Waals surface area (Å²) in [6.07, 6.45) is 0. The Labute approximate surface area is 116 Å². The van der Waals surface area contributed by atoms with Crippen molar-refractivity contribution in [2.24, 2.45) is 0 Å². The Morgan fingerprint density at radius 3 is 2.89 bits per heavy atom. The molecule has 0 aliphatic rings. The summed E-state index contributed by atoms with van der Waals surface area (Å²) in [4.78, 5) is 10.7. The zero-order valence-electron chi connectivity index (χ0n) is 10.4. The van der Waals surface area contributed by atoms with Crippen molar-refractivity contribution < 1.29 is 14.3 Å². The molecule has 0 aliphatic carbocycles. The van der Waals surface area contributed by atoms with Gasteiger partial charge in [-0.2, -0.15) is 0 Å². The van der Waals surface area contributed by atoms with E-state index < -0.39 is 12.0 Å². The van der Waals surface area contributed by atoms with Crippen molar-refractivity contribution in [3.8, 4) is 11.3 Å². The molecule has 2 aromatic rings. The number of hydrogen-bond acceptors (Lipinski definition) is 3. The molecular formula is C14H14ClNO3. The molecule has 2 rings (SSSR count). The summed E-state index contributed by atoms with van der Waals surface area (Å²) >= 11 is 5.92. The topological polar surface area (TPSA) is 62.5 Å². The number of carboxylic acids is 1. The molecule has 1 unspecified atom stereocenters. The van der Waals surface area contributed by atoms with Crippen molar-refractivity contribution in [1.82, 2.24) is 5.32 Å². The Morgan fingerprint density at radius 1 is 1.42 bits per heavy atom. The van der Waals surface area contributed by atoms with Gasteiger partial charge in [-0.25, -0.2) is 0 Å². The lowest BCUT2D eigenvalue weighted by molar-refractivity contribution is -0.139. The van der Waals surface area contributed by atoms with Gasteiger partial charge in [-0.15, -0.1) is 0 Å². The highest BCUT2D eigenvalue weighted by atomic mass is 35.5. The molecule has 1 aromatic carbocycles. The van der Waals surface area contributed by atoms with Gasteiger partial charge in [0.05, 0.1) is 6.54 Å². The van der Waals surface area contributed by atoms with E-state index in [-0.39, 0.29) is 0 Å². The van der Waals surface area contributed by atoms with Crippen molar-refractivity contribution in [2.45, 2.75) is 19.5 Å². The molecule has 0 aliphatic heterocycles. The van der Waals surface area contributed by atoms with Crippen LogP contribution in [-0.2, 0) is 11.3 Å². The molecule has 0 bridgehead atoms. The second-order valence-corrected chi connectivity index (χ2v) is 4.65. The number of benzene rings is 1. The van der Waals surface area contributed by atoms with Crippen molar-refractivity contribution in [1.29, 1.82) is 0 Å². The highest BCUT2D eigenvalue weighted by Crippen LogP contribution is 2.24. The van der Waals surface area contributed by atoms with Crippen LogP contribution in [0.25, 0.3) is 11.3 Å². The smallest absolute Gasteiger partial charge is 0.320 e. The summed E-state index contributed by atoms with van der Waals surface area (Å²) in [5.41, 5.74) is 0.894. The molecule has 0 saturated carbocycles. The van der Waals surface area contributed by atoms with E-state index in [1.54, 1.807) is 13.0 Å². The standard InChI is InChI=1S/C14H14ClNO3/c1-9(14(17)18)16-8-12-5-6-13(19-12)10-3-2-4-11(15)7-10/h2-7,9,16H,8H2,1H3,(H,17,18). The third-order valence-electron chi connectivity index (χ3n) is 2.72. The number of rotatable bonds is 5. The van der Waals surface area contributed by atoms with Crippen molar-refractivity contribution in [3.63, 3.8) is 0 Å². The Balaban J connectivity index is 2.05. The van der Waals surface area contributed by atoms with E-state index in [1.807, 2.05) is 30.3 Å². The number of hydrogen-bond donors (Lipinski definition) is 2. The van der Waals surface area contributed by atoms with Gasteiger partial charge in [0, 0.05) is 10.6 Å². The molecule has 5 heteroatoms. The fourth-order valence-electron chi connectivity index (χ4n) is 1.61. The molecule has 1 aromatic heterocycles. The molecule has 100 valence electrons. The fourth-order valence-corrected chi connectivity index (χ4v) is 1.80. The van der Waals surface area contributed by atoms with Gasteiger partial charge >= 0.3 is 5.97 Å². The zero-order valence-corrected chi connectivity index (χ0v) is 11.1. The summed E-state index contributed by atoms with van der Waals surface area (Å²) in [5.74, 6) is 0.506. The monoisotopic (exact) mass is 279 g/mol. The van der Waals surface area contributed by atoms with Gasteiger partial charge in [0.1, 0.15) is 17.6 Å². The molecule has 0 amide bonds. The molecule has 0 saturated heterocycles. The van der Waals surface area contributed by atoms with Crippen LogP contribution < -0.4 is 5.32 Å². The van der Waals surface area contributed by atoms with E-state index in [9.17, 15) is 4.79 Å². The van der Waals surface area contributed by atoms with E-state index in [2.05, 4.69) is 5.32 Å². The first-order chi connectivity index (χ1) is 9.06. The van der Waals surface area contributed by atoms with Gasteiger partial charge in [0.2, 0.25) is 0 Å². The van der Waals surface area contributed by atoms with E-state index in [1.165, 1.54) is 0 Å². The van der Waals surface area contributed by atoms with Crippen molar-refractivity contribution in [3.05, 3.63) is 47.2 Å². The first-order valence-corrected chi connectivity index (χ1v) is 6.25. The Kier molecular flexibility index (Phi) is 4.24. The Bertz CT molecular complexity index is 580.